The molecule has 3 heteroatoms. The van der Waals surface area contributed by atoms with Gasteiger partial charge in [0.2, 0.25) is 0 Å². The van der Waals surface area contributed by atoms with Crippen LogP contribution in [-0.4, -0.2) is 18.1 Å². The van der Waals surface area contributed by atoms with Crippen molar-refractivity contribution in [2.45, 2.75) is 19.8 Å². The van der Waals surface area contributed by atoms with Crippen LogP contribution in [0.1, 0.15) is 25.3 Å². The first kappa shape index (κ1) is 11.4. The molecule has 0 unspecified atom stereocenters. The number of carbonyl (C=O) groups excluding carboxylic acids is 1. The zero-order valence-electron chi connectivity index (χ0n) is 9.06. The second-order valence-electron chi connectivity index (χ2n) is 3.18. The summed E-state index contributed by atoms with van der Waals surface area (Å²) in [4.78, 5) is 15.2. The van der Waals surface area contributed by atoms with Gasteiger partial charge in [0.15, 0.2) is 0 Å². The maximum absolute atomic E-state index is 11.2. The van der Waals surface area contributed by atoms with E-state index in [0.717, 1.165) is 24.0 Å². The minimum absolute atomic E-state index is 0.317. The van der Waals surface area contributed by atoms with Crippen molar-refractivity contribution in [3.8, 4) is 0 Å². The summed E-state index contributed by atoms with van der Waals surface area (Å²) < 4.78 is 4.61. The first-order valence-corrected chi connectivity index (χ1v) is 4.96. The van der Waals surface area contributed by atoms with Crippen LogP contribution < -0.4 is 0 Å². The van der Waals surface area contributed by atoms with Crippen LogP contribution in [0.15, 0.2) is 30.6 Å². The number of hydrogen-bond donors (Lipinski definition) is 0. The van der Waals surface area contributed by atoms with Gasteiger partial charge in [-0.2, -0.15) is 0 Å². The van der Waals surface area contributed by atoms with Crippen molar-refractivity contribution < 1.29 is 9.53 Å². The van der Waals surface area contributed by atoms with Crippen LogP contribution in [0.4, 0.5) is 0 Å². The van der Waals surface area contributed by atoms with E-state index in [9.17, 15) is 4.79 Å². The van der Waals surface area contributed by atoms with E-state index in [1.165, 1.54) is 13.2 Å². The highest BCUT2D eigenvalue weighted by Gasteiger charge is 2.03. The van der Waals surface area contributed by atoms with Gasteiger partial charge in [-0.3, -0.25) is 4.98 Å². The Morgan fingerprint density at radius 2 is 2.40 bits per heavy atom. The van der Waals surface area contributed by atoms with Crippen LogP contribution in [0, 0.1) is 0 Å². The predicted molar refractivity (Wildman–Crippen MR) is 59.1 cm³/mol. The Morgan fingerprint density at radius 1 is 1.60 bits per heavy atom. The molecule has 0 atom stereocenters. The van der Waals surface area contributed by atoms with Gasteiger partial charge in [-0.05, 0) is 23.6 Å². The second kappa shape index (κ2) is 5.96. The SMILES string of the molecule is CCC/C(=C/C(=O)OC)c1cccnc1. The molecule has 0 bridgehead atoms. The Hall–Kier alpha value is -1.64. The van der Waals surface area contributed by atoms with E-state index in [1.54, 1.807) is 12.4 Å². The third kappa shape index (κ3) is 3.54. The molecule has 80 valence electrons. The summed E-state index contributed by atoms with van der Waals surface area (Å²) in [6, 6.07) is 3.80. The van der Waals surface area contributed by atoms with Crippen molar-refractivity contribution in [2.24, 2.45) is 0 Å². The summed E-state index contributed by atoms with van der Waals surface area (Å²) in [6.45, 7) is 2.07. The molecular weight excluding hydrogens is 190 g/mol. The maximum atomic E-state index is 11.2. The fourth-order valence-corrected chi connectivity index (χ4v) is 1.32. The van der Waals surface area contributed by atoms with E-state index in [1.807, 2.05) is 12.1 Å². The molecule has 1 aromatic rings. The normalized spacial score (nSPS) is 11.2. The van der Waals surface area contributed by atoms with Crippen molar-refractivity contribution in [1.82, 2.24) is 4.98 Å². The van der Waals surface area contributed by atoms with Gasteiger partial charge in [-0.15, -0.1) is 0 Å². The van der Waals surface area contributed by atoms with Crippen LogP contribution >= 0.6 is 0 Å². The smallest absolute Gasteiger partial charge is 0.330 e. The van der Waals surface area contributed by atoms with Crippen molar-refractivity contribution in [2.75, 3.05) is 7.11 Å². The predicted octanol–water partition coefficient (Wildman–Crippen LogP) is 2.44. The Labute approximate surface area is 89.8 Å². The van der Waals surface area contributed by atoms with Gasteiger partial charge in [-0.1, -0.05) is 19.4 Å². The summed E-state index contributed by atoms with van der Waals surface area (Å²) in [7, 11) is 1.38. The van der Waals surface area contributed by atoms with E-state index in [2.05, 4.69) is 16.6 Å². The fourth-order valence-electron chi connectivity index (χ4n) is 1.32. The van der Waals surface area contributed by atoms with E-state index in [4.69, 9.17) is 0 Å². The molecule has 1 heterocycles. The Bertz CT molecular complexity index is 344. The van der Waals surface area contributed by atoms with Gasteiger partial charge >= 0.3 is 5.97 Å². The van der Waals surface area contributed by atoms with Gasteiger partial charge in [-0.25, -0.2) is 4.79 Å². The quantitative estimate of drug-likeness (QED) is 0.559. The lowest BCUT2D eigenvalue weighted by Crippen LogP contribution is -1.97. The lowest BCUT2D eigenvalue weighted by Gasteiger charge is -2.04. The summed E-state index contributed by atoms with van der Waals surface area (Å²) >= 11 is 0. The highest BCUT2D eigenvalue weighted by molar-refractivity contribution is 5.91. The zero-order valence-corrected chi connectivity index (χ0v) is 9.06. The molecule has 3 nitrogen and oxygen atoms in total. The van der Waals surface area contributed by atoms with Gasteiger partial charge in [0, 0.05) is 18.5 Å². The van der Waals surface area contributed by atoms with E-state index in [-0.39, 0.29) is 5.97 Å². The number of ether oxygens (including phenoxy) is 1. The number of rotatable bonds is 4. The first-order valence-electron chi connectivity index (χ1n) is 4.96. The number of aromatic nitrogens is 1. The molecule has 0 saturated carbocycles. The molecule has 0 radical (unpaired) electrons. The monoisotopic (exact) mass is 205 g/mol. The van der Waals surface area contributed by atoms with Crippen molar-refractivity contribution in [3.05, 3.63) is 36.2 Å². The molecule has 0 aliphatic rings. The molecule has 15 heavy (non-hydrogen) atoms. The molecule has 1 aromatic heterocycles. The minimum atomic E-state index is -0.317. The molecule has 0 amide bonds. The summed E-state index contributed by atoms with van der Waals surface area (Å²) in [5.74, 6) is -0.317. The van der Waals surface area contributed by atoms with E-state index in [0.29, 0.717) is 0 Å². The Balaban J connectivity index is 2.93. The lowest BCUT2D eigenvalue weighted by atomic mass is 10.0. The number of carbonyl (C=O) groups is 1. The average Bonchev–Trinajstić information content (AvgIpc) is 2.29. The largest absolute Gasteiger partial charge is 0.466 e. The van der Waals surface area contributed by atoms with Gasteiger partial charge in [0.1, 0.15) is 0 Å². The maximum Gasteiger partial charge on any atom is 0.330 e. The number of esters is 1. The Morgan fingerprint density at radius 3 is 2.93 bits per heavy atom. The number of nitrogens with zero attached hydrogens (tertiary/aromatic N) is 1. The van der Waals surface area contributed by atoms with Gasteiger partial charge in [0.25, 0.3) is 0 Å². The lowest BCUT2D eigenvalue weighted by molar-refractivity contribution is -0.134. The summed E-state index contributed by atoms with van der Waals surface area (Å²) in [5.41, 5.74) is 1.95. The first-order chi connectivity index (χ1) is 7.27. The fraction of sp³-hybridized carbons (Fsp3) is 0.333. The molecule has 0 saturated heterocycles. The highest BCUT2D eigenvalue weighted by atomic mass is 16.5. The molecule has 0 aliphatic heterocycles. The van der Waals surface area contributed by atoms with Crippen LogP contribution in [0.5, 0.6) is 0 Å². The number of hydrogen-bond acceptors (Lipinski definition) is 3. The van der Waals surface area contributed by atoms with Crippen LogP contribution in [-0.2, 0) is 9.53 Å². The standard InChI is InChI=1S/C12H15NO2/c1-3-5-10(8-12(14)15-2)11-6-4-7-13-9-11/h4,6-9H,3,5H2,1-2H3/b10-8-. The summed E-state index contributed by atoms with van der Waals surface area (Å²) in [6.07, 6.45) is 6.83. The van der Waals surface area contributed by atoms with Crippen LogP contribution in [0.2, 0.25) is 0 Å². The van der Waals surface area contributed by atoms with Crippen molar-refractivity contribution in [3.63, 3.8) is 0 Å². The third-order valence-electron chi connectivity index (χ3n) is 2.04. The third-order valence-corrected chi connectivity index (χ3v) is 2.04. The van der Waals surface area contributed by atoms with Gasteiger partial charge < -0.3 is 4.74 Å². The number of pyridine rings is 1. The van der Waals surface area contributed by atoms with Crippen LogP contribution in [0.3, 0.4) is 0 Å². The van der Waals surface area contributed by atoms with E-state index >= 15 is 0 Å². The molecular formula is C12H15NO2. The molecule has 0 spiro atoms. The van der Waals surface area contributed by atoms with Crippen molar-refractivity contribution >= 4 is 11.5 Å². The van der Waals surface area contributed by atoms with Crippen LogP contribution in [0.25, 0.3) is 5.57 Å². The zero-order chi connectivity index (χ0) is 11.1. The minimum Gasteiger partial charge on any atom is -0.466 e. The molecule has 0 aromatic carbocycles. The van der Waals surface area contributed by atoms with E-state index < -0.39 is 0 Å². The average molecular weight is 205 g/mol. The molecule has 1 rings (SSSR count). The molecule has 0 fully saturated rings. The molecule has 0 aliphatic carbocycles. The molecule has 0 N–H and O–H groups in total. The Kier molecular flexibility index (Phi) is 4.54. The number of allylic oxidation sites excluding steroid dienone is 1. The topological polar surface area (TPSA) is 39.2 Å². The summed E-state index contributed by atoms with van der Waals surface area (Å²) in [5, 5.41) is 0. The number of methoxy groups -OCH3 is 1. The van der Waals surface area contributed by atoms with Crippen molar-refractivity contribution in [1.29, 1.82) is 0 Å². The highest BCUT2D eigenvalue weighted by Crippen LogP contribution is 2.18. The second-order valence-corrected chi connectivity index (χ2v) is 3.18. The van der Waals surface area contributed by atoms with Gasteiger partial charge in [0.05, 0.1) is 7.11 Å².